The maximum absolute atomic E-state index is 11.5. The number of hydrogen-bond donors (Lipinski definition) is 2. The van der Waals surface area contributed by atoms with Crippen molar-refractivity contribution < 1.29 is 4.79 Å². The molecule has 2 aromatic rings. The Morgan fingerprint density at radius 1 is 1.23 bits per heavy atom. The molecule has 22 heavy (non-hydrogen) atoms. The molecule has 0 saturated carbocycles. The second-order valence-electron chi connectivity index (χ2n) is 5.52. The normalized spacial score (nSPS) is 14.5. The highest BCUT2D eigenvalue weighted by molar-refractivity contribution is 5.94. The van der Waals surface area contributed by atoms with Crippen molar-refractivity contribution in [1.82, 2.24) is 0 Å². The number of aryl methyl sites for hydroxylation is 1. The number of nitriles is 1. The van der Waals surface area contributed by atoms with Crippen molar-refractivity contribution in [3.8, 4) is 6.07 Å². The summed E-state index contributed by atoms with van der Waals surface area (Å²) in [6.07, 6.45) is 1.35. The van der Waals surface area contributed by atoms with E-state index >= 15 is 0 Å². The van der Waals surface area contributed by atoms with E-state index in [0.29, 0.717) is 12.0 Å². The van der Waals surface area contributed by atoms with Gasteiger partial charge in [-0.1, -0.05) is 18.2 Å². The summed E-state index contributed by atoms with van der Waals surface area (Å²) in [6.45, 7) is 2.05. The number of anilines is 2. The molecule has 2 N–H and O–H groups in total. The van der Waals surface area contributed by atoms with E-state index in [1.807, 2.05) is 30.3 Å². The van der Waals surface area contributed by atoms with Gasteiger partial charge in [-0.3, -0.25) is 4.79 Å². The summed E-state index contributed by atoms with van der Waals surface area (Å²) in [5.41, 5.74) is 4.73. The van der Waals surface area contributed by atoms with Crippen molar-refractivity contribution in [3.05, 3.63) is 59.2 Å². The molecule has 2 aromatic carbocycles. The number of hydrogen-bond acceptors (Lipinski definition) is 3. The van der Waals surface area contributed by atoms with E-state index in [4.69, 9.17) is 5.26 Å². The van der Waals surface area contributed by atoms with Crippen LogP contribution in [0.5, 0.6) is 0 Å². The van der Waals surface area contributed by atoms with E-state index < -0.39 is 0 Å². The fraction of sp³-hybridized carbons (Fsp3) is 0.222. The number of benzene rings is 2. The fourth-order valence-electron chi connectivity index (χ4n) is 2.67. The zero-order chi connectivity index (χ0) is 15.5. The van der Waals surface area contributed by atoms with Crippen LogP contribution in [0.2, 0.25) is 0 Å². The van der Waals surface area contributed by atoms with E-state index in [2.05, 4.69) is 29.7 Å². The average Bonchev–Trinajstić information content (AvgIpc) is 2.54. The second-order valence-corrected chi connectivity index (χ2v) is 5.52. The monoisotopic (exact) mass is 291 g/mol. The van der Waals surface area contributed by atoms with Crippen molar-refractivity contribution in [3.63, 3.8) is 0 Å². The van der Waals surface area contributed by atoms with Gasteiger partial charge in [-0.05, 0) is 48.7 Å². The van der Waals surface area contributed by atoms with Crippen LogP contribution in [0.1, 0.15) is 36.1 Å². The highest BCUT2D eigenvalue weighted by atomic mass is 16.1. The molecule has 0 aromatic heterocycles. The van der Waals surface area contributed by atoms with Crippen LogP contribution in [-0.2, 0) is 11.2 Å². The van der Waals surface area contributed by atoms with Crippen molar-refractivity contribution in [1.29, 1.82) is 5.26 Å². The quantitative estimate of drug-likeness (QED) is 0.907. The number of nitrogens with zero attached hydrogens (tertiary/aromatic N) is 1. The van der Waals surface area contributed by atoms with Crippen molar-refractivity contribution in [2.24, 2.45) is 0 Å². The summed E-state index contributed by atoms with van der Waals surface area (Å²) in [6, 6.07) is 15.9. The smallest absolute Gasteiger partial charge is 0.224 e. The third-order valence-corrected chi connectivity index (χ3v) is 3.90. The van der Waals surface area contributed by atoms with Gasteiger partial charge in [-0.2, -0.15) is 5.26 Å². The van der Waals surface area contributed by atoms with Crippen LogP contribution < -0.4 is 10.6 Å². The van der Waals surface area contributed by atoms with Crippen LogP contribution in [0.15, 0.2) is 42.5 Å². The lowest BCUT2D eigenvalue weighted by atomic mass is 10.0. The van der Waals surface area contributed by atoms with Crippen molar-refractivity contribution >= 4 is 17.3 Å². The SMILES string of the molecule is C[C@H](Nc1ccc2c(c1)NC(=O)CC2)c1cccc(C#N)c1. The predicted octanol–water partition coefficient (Wildman–Crippen LogP) is 3.62. The highest BCUT2D eigenvalue weighted by Gasteiger charge is 2.15. The Balaban J connectivity index is 1.79. The molecule has 1 aliphatic rings. The lowest BCUT2D eigenvalue weighted by Crippen LogP contribution is -2.19. The maximum Gasteiger partial charge on any atom is 0.224 e. The van der Waals surface area contributed by atoms with Crippen LogP contribution in [0, 0.1) is 11.3 Å². The largest absolute Gasteiger partial charge is 0.378 e. The lowest BCUT2D eigenvalue weighted by Gasteiger charge is -2.20. The van der Waals surface area contributed by atoms with Gasteiger partial charge in [-0.25, -0.2) is 0 Å². The Labute approximate surface area is 129 Å². The molecule has 0 spiro atoms. The molecule has 0 radical (unpaired) electrons. The first-order chi connectivity index (χ1) is 10.7. The molecular formula is C18H17N3O. The van der Waals surface area contributed by atoms with E-state index in [9.17, 15) is 4.79 Å². The van der Waals surface area contributed by atoms with Gasteiger partial charge in [-0.15, -0.1) is 0 Å². The number of fused-ring (bicyclic) bond motifs is 1. The molecule has 0 unspecified atom stereocenters. The summed E-state index contributed by atoms with van der Waals surface area (Å²) >= 11 is 0. The first-order valence-electron chi connectivity index (χ1n) is 7.35. The molecule has 4 heteroatoms. The van der Waals surface area contributed by atoms with Crippen LogP contribution in [0.25, 0.3) is 0 Å². The Morgan fingerprint density at radius 2 is 2.09 bits per heavy atom. The summed E-state index contributed by atoms with van der Waals surface area (Å²) in [7, 11) is 0. The summed E-state index contributed by atoms with van der Waals surface area (Å²) in [4.78, 5) is 11.5. The molecule has 0 saturated heterocycles. The molecular weight excluding hydrogens is 274 g/mol. The van der Waals surface area contributed by atoms with Gasteiger partial charge in [0.2, 0.25) is 5.91 Å². The minimum absolute atomic E-state index is 0.0689. The minimum atomic E-state index is 0.0689. The lowest BCUT2D eigenvalue weighted by molar-refractivity contribution is -0.116. The topological polar surface area (TPSA) is 64.9 Å². The van der Waals surface area contributed by atoms with E-state index in [0.717, 1.165) is 23.4 Å². The molecule has 0 bridgehead atoms. The molecule has 3 rings (SSSR count). The Morgan fingerprint density at radius 3 is 2.91 bits per heavy atom. The Bertz CT molecular complexity index is 761. The van der Waals surface area contributed by atoms with Crippen molar-refractivity contribution in [2.45, 2.75) is 25.8 Å². The van der Waals surface area contributed by atoms with Crippen molar-refractivity contribution in [2.75, 3.05) is 10.6 Å². The zero-order valence-electron chi connectivity index (χ0n) is 12.4. The van der Waals surface area contributed by atoms with E-state index in [-0.39, 0.29) is 11.9 Å². The van der Waals surface area contributed by atoms with Gasteiger partial charge in [0.05, 0.1) is 11.6 Å². The number of rotatable bonds is 3. The van der Waals surface area contributed by atoms with Gasteiger partial charge >= 0.3 is 0 Å². The van der Waals surface area contributed by atoms with Gasteiger partial charge in [0.25, 0.3) is 0 Å². The maximum atomic E-state index is 11.5. The molecule has 4 nitrogen and oxygen atoms in total. The van der Waals surface area contributed by atoms with Crippen LogP contribution in [-0.4, -0.2) is 5.91 Å². The van der Waals surface area contributed by atoms with Gasteiger partial charge in [0, 0.05) is 23.8 Å². The molecule has 0 aliphatic carbocycles. The minimum Gasteiger partial charge on any atom is -0.378 e. The second kappa shape index (κ2) is 5.90. The third-order valence-electron chi connectivity index (χ3n) is 3.90. The summed E-state index contributed by atoms with van der Waals surface area (Å²) < 4.78 is 0. The molecule has 1 amide bonds. The average molecular weight is 291 g/mol. The molecule has 110 valence electrons. The zero-order valence-corrected chi connectivity index (χ0v) is 12.4. The molecule has 0 fully saturated rings. The van der Waals surface area contributed by atoms with Crippen LogP contribution in [0.3, 0.4) is 0 Å². The Hall–Kier alpha value is -2.80. The van der Waals surface area contributed by atoms with Crippen LogP contribution >= 0.6 is 0 Å². The number of amides is 1. The highest BCUT2D eigenvalue weighted by Crippen LogP contribution is 2.28. The van der Waals surface area contributed by atoms with E-state index in [1.54, 1.807) is 6.07 Å². The standard InChI is InChI=1S/C18H17N3O/c1-12(15-4-2-3-13(9-15)11-19)20-16-7-5-14-6-8-18(22)21-17(14)10-16/h2-5,7,9-10,12,20H,6,8H2,1H3,(H,21,22)/t12-/m0/s1. The molecule has 1 aliphatic heterocycles. The summed E-state index contributed by atoms with van der Waals surface area (Å²) in [5.74, 6) is 0.0689. The van der Waals surface area contributed by atoms with Gasteiger partial charge in [0.15, 0.2) is 0 Å². The molecule has 1 heterocycles. The Kier molecular flexibility index (Phi) is 3.80. The molecule has 1 atom stereocenters. The van der Waals surface area contributed by atoms with Crippen LogP contribution in [0.4, 0.5) is 11.4 Å². The summed E-state index contributed by atoms with van der Waals surface area (Å²) in [5, 5.41) is 15.3. The first kappa shape index (κ1) is 14.2. The number of carbonyl (C=O) groups excluding carboxylic acids is 1. The number of nitrogens with one attached hydrogen (secondary N) is 2. The van der Waals surface area contributed by atoms with Gasteiger partial charge < -0.3 is 10.6 Å². The number of carbonyl (C=O) groups is 1. The first-order valence-corrected chi connectivity index (χ1v) is 7.35. The predicted molar refractivity (Wildman–Crippen MR) is 86.6 cm³/mol. The van der Waals surface area contributed by atoms with Gasteiger partial charge in [0.1, 0.15) is 0 Å². The van der Waals surface area contributed by atoms with E-state index in [1.165, 1.54) is 5.56 Å². The third kappa shape index (κ3) is 2.94. The fourth-order valence-corrected chi connectivity index (χ4v) is 2.67.